The van der Waals surface area contributed by atoms with Gasteiger partial charge in [-0.15, -0.1) is 0 Å². The van der Waals surface area contributed by atoms with Crippen LogP contribution >= 0.6 is 0 Å². The van der Waals surface area contributed by atoms with Crippen molar-refractivity contribution < 1.29 is 14.6 Å². The van der Waals surface area contributed by atoms with Gasteiger partial charge in [-0.3, -0.25) is 4.68 Å². The van der Waals surface area contributed by atoms with Crippen LogP contribution in [0.25, 0.3) is 0 Å². The highest BCUT2D eigenvalue weighted by molar-refractivity contribution is 5.31. The van der Waals surface area contributed by atoms with Crippen molar-refractivity contribution in [2.24, 2.45) is 7.05 Å². The molecule has 1 aliphatic heterocycles. The molecule has 90 valence electrons. The van der Waals surface area contributed by atoms with E-state index < -0.39 is 5.60 Å². The summed E-state index contributed by atoms with van der Waals surface area (Å²) in [7, 11) is 3.41. The minimum atomic E-state index is -0.895. The number of rotatable bonds is 2. The topological polar surface area (TPSA) is 56.5 Å². The Bertz CT molecular complexity index is 377. The Morgan fingerprint density at radius 2 is 2.44 bits per heavy atom. The van der Waals surface area contributed by atoms with E-state index in [2.05, 4.69) is 5.10 Å². The van der Waals surface area contributed by atoms with E-state index in [0.717, 1.165) is 5.69 Å². The Labute approximate surface area is 95.0 Å². The summed E-state index contributed by atoms with van der Waals surface area (Å²) in [4.78, 5) is 0. The number of nitrogens with zero attached hydrogens (tertiary/aromatic N) is 2. The van der Waals surface area contributed by atoms with Crippen molar-refractivity contribution in [2.75, 3.05) is 13.7 Å². The van der Waals surface area contributed by atoms with E-state index in [9.17, 15) is 5.11 Å². The summed E-state index contributed by atoms with van der Waals surface area (Å²) < 4.78 is 12.4. The second-order valence-corrected chi connectivity index (χ2v) is 4.35. The molecule has 1 N–H and O–H groups in total. The van der Waals surface area contributed by atoms with Gasteiger partial charge in [0, 0.05) is 19.9 Å². The first-order chi connectivity index (χ1) is 7.57. The molecular weight excluding hydrogens is 208 g/mol. The van der Waals surface area contributed by atoms with E-state index in [1.165, 1.54) is 0 Å². The summed E-state index contributed by atoms with van der Waals surface area (Å²) in [5.41, 5.74) is -0.154. The molecule has 1 fully saturated rings. The van der Waals surface area contributed by atoms with Crippen LogP contribution in [0.1, 0.15) is 25.5 Å². The molecule has 1 aromatic rings. The zero-order chi connectivity index (χ0) is 11.8. The fourth-order valence-corrected chi connectivity index (χ4v) is 2.38. The van der Waals surface area contributed by atoms with E-state index in [1.54, 1.807) is 18.0 Å². The smallest absolute Gasteiger partial charge is 0.162 e. The average molecular weight is 226 g/mol. The van der Waals surface area contributed by atoms with Crippen LogP contribution in [0.15, 0.2) is 6.20 Å². The number of aliphatic hydroxyl groups is 1. The molecule has 0 aliphatic carbocycles. The van der Waals surface area contributed by atoms with Gasteiger partial charge in [0.1, 0.15) is 11.3 Å². The van der Waals surface area contributed by atoms with Crippen molar-refractivity contribution in [3.8, 4) is 5.75 Å². The van der Waals surface area contributed by atoms with Gasteiger partial charge in [-0.05, 0) is 6.92 Å². The molecule has 0 saturated carbocycles. The molecule has 1 aliphatic rings. The van der Waals surface area contributed by atoms with Crippen molar-refractivity contribution >= 4 is 0 Å². The van der Waals surface area contributed by atoms with Crippen molar-refractivity contribution in [3.63, 3.8) is 0 Å². The van der Waals surface area contributed by atoms with Gasteiger partial charge in [0.15, 0.2) is 5.75 Å². The van der Waals surface area contributed by atoms with Gasteiger partial charge in [-0.25, -0.2) is 0 Å². The Morgan fingerprint density at radius 3 is 3.06 bits per heavy atom. The molecule has 2 rings (SSSR count). The number of aromatic nitrogens is 2. The number of ether oxygens (including phenoxy) is 2. The highest BCUT2D eigenvalue weighted by atomic mass is 16.5. The highest BCUT2D eigenvalue weighted by Gasteiger charge is 2.39. The van der Waals surface area contributed by atoms with Gasteiger partial charge >= 0.3 is 0 Å². The van der Waals surface area contributed by atoms with Crippen molar-refractivity contribution in [1.82, 2.24) is 9.78 Å². The number of hydrogen-bond acceptors (Lipinski definition) is 4. The van der Waals surface area contributed by atoms with Gasteiger partial charge in [0.25, 0.3) is 0 Å². The minimum absolute atomic E-state index is 0.0540. The van der Waals surface area contributed by atoms with Crippen molar-refractivity contribution in [1.29, 1.82) is 0 Å². The minimum Gasteiger partial charge on any atom is -0.493 e. The lowest BCUT2D eigenvalue weighted by atomic mass is 9.87. The zero-order valence-corrected chi connectivity index (χ0v) is 9.93. The van der Waals surface area contributed by atoms with E-state index >= 15 is 0 Å². The molecule has 1 saturated heterocycles. The third kappa shape index (κ3) is 1.81. The maximum atomic E-state index is 10.7. The Hall–Kier alpha value is -1.07. The van der Waals surface area contributed by atoms with Crippen molar-refractivity contribution in [2.45, 2.75) is 31.5 Å². The molecule has 2 atom stereocenters. The molecular formula is C11H18N2O3. The Morgan fingerprint density at radius 1 is 1.69 bits per heavy atom. The number of hydrogen-bond donors (Lipinski definition) is 1. The number of aryl methyl sites for hydroxylation is 1. The fourth-order valence-electron chi connectivity index (χ4n) is 2.38. The van der Waals surface area contributed by atoms with Crippen LogP contribution in [0.3, 0.4) is 0 Å². The Kier molecular flexibility index (Phi) is 2.90. The average Bonchev–Trinajstić information content (AvgIpc) is 2.59. The van der Waals surface area contributed by atoms with Crippen LogP contribution in [0, 0.1) is 0 Å². The van der Waals surface area contributed by atoms with Crippen LogP contribution < -0.4 is 4.74 Å². The first-order valence-electron chi connectivity index (χ1n) is 5.47. The fraction of sp³-hybridized carbons (Fsp3) is 0.727. The molecule has 0 spiro atoms. The zero-order valence-electron chi connectivity index (χ0n) is 9.93. The first kappa shape index (κ1) is 11.4. The van der Waals surface area contributed by atoms with Gasteiger partial charge in [0.05, 0.1) is 26.0 Å². The quantitative estimate of drug-likeness (QED) is 0.811. The maximum Gasteiger partial charge on any atom is 0.162 e. The standard InChI is InChI=1S/C11H18N2O3/c1-8-6-11(14,4-5-16-8)10-9(15-3)7-12-13(10)2/h7-8,14H,4-6H2,1-3H3. The predicted molar refractivity (Wildman–Crippen MR) is 58.3 cm³/mol. The molecule has 0 amide bonds. The van der Waals surface area contributed by atoms with Gasteiger partial charge in [0.2, 0.25) is 0 Å². The lowest BCUT2D eigenvalue weighted by Gasteiger charge is -2.35. The third-order valence-corrected chi connectivity index (χ3v) is 3.11. The second-order valence-electron chi connectivity index (χ2n) is 4.35. The largest absolute Gasteiger partial charge is 0.493 e. The third-order valence-electron chi connectivity index (χ3n) is 3.11. The lowest BCUT2D eigenvalue weighted by molar-refractivity contribution is -0.106. The molecule has 16 heavy (non-hydrogen) atoms. The summed E-state index contributed by atoms with van der Waals surface area (Å²) in [6, 6.07) is 0. The maximum absolute atomic E-state index is 10.7. The lowest BCUT2D eigenvalue weighted by Crippen LogP contribution is -2.39. The van der Waals surface area contributed by atoms with Gasteiger partial charge in [-0.2, -0.15) is 5.10 Å². The molecule has 2 unspecified atom stereocenters. The molecule has 0 radical (unpaired) electrons. The van der Waals surface area contributed by atoms with Crippen LogP contribution in [0.5, 0.6) is 5.75 Å². The first-order valence-corrected chi connectivity index (χ1v) is 5.47. The Balaban J connectivity index is 2.37. The molecule has 1 aromatic heterocycles. The van der Waals surface area contributed by atoms with Crippen LogP contribution in [-0.4, -0.2) is 34.7 Å². The normalized spacial score (nSPS) is 30.4. The monoisotopic (exact) mass is 226 g/mol. The molecule has 0 aromatic carbocycles. The van der Waals surface area contributed by atoms with E-state index in [1.807, 2.05) is 14.0 Å². The SMILES string of the molecule is COc1cnn(C)c1C1(O)CCOC(C)C1. The van der Waals surface area contributed by atoms with E-state index in [0.29, 0.717) is 25.2 Å². The number of methoxy groups -OCH3 is 1. The molecule has 2 heterocycles. The predicted octanol–water partition coefficient (Wildman–Crippen LogP) is 0.815. The van der Waals surface area contributed by atoms with Crippen molar-refractivity contribution in [3.05, 3.63) is 11.9 Å². The van der Waals surface area contributed by atoms with Gasteiger partial charge < -0.3 is 14.6 Å². The second kappa shape index (κ2) is 4.07. The van der Waals surface area contributed by atoms with Gasteiger partial charge in [-0.1, -0.05) is 0 Å². The van der Waals surface area contributed by atoms with E-state index in [4.69, 9.17) is 9.47 Å². The summed E-state index contributed by atoms with van der Waals surface area (Å²) in [5.74, 6) is 0.638. The molecule has 5 heteroatoms. The molecule has 5 nitrogen and oxygen atoms in total. The highest BCUT2D eigenvalue weighted by Crippen LogP contribution is 2.38. The van der Waals surface area contributed by atoms with Crippen LogP contribution in [-0.2, 0) is 17.4 Å². The summed E-state index contributed by atoms with van der Waals surface area (Å²) in [6.45, 7) is 2.53. The summed E-state index contributed by atoms with van der Waals surface area (Å²) in [6.07, 6.45) is 2.84. The van der Waals surface area contributed by atoms with E-state index in [-0.39, 0.29) is 6.10 Å². The van der Waals surface area contributed by atoms with Crippen LogP contribution in [0.2, 0.25) is 0 Å². The summed E-state index contributed by atoms with van der Waals surface area (Å²) in [5, 5.41) is 14.8. The molecule has 0 bridgehead atoms. The van der Waals surface area contributed by atoms with Crippen LogP contribution in [0.4, 0.5) is 0 Å². The summed E-state index contributed by atoms with van der Waals surface area (Å²) >= 11 is 0.